The smallest absolute Gasteiger partial charge is 0.339 e. The Kier molecular flexibility index (Phi) is 7.02. The molecule has 0 amide bonds. The van der Waals surface area contributed by atoms with Crippen LogP contribution in [-0.2, 0) is 10.1 Å². The summed E-state index contributed by atoms with van der Waals surface area (Å²) in [7, 11) is -4.12. The molecule has 3 rings (SSSR count). The molecule has 0 saturated heterocycles. The maximum atomic E-state index is 12.6. The van der Waals surface area contributed by atoms with Crippen LogP contribution in [0.2, 0.25) is 10.0 Å². The summed E-state index contributed by atoms with van der Waals surface area (Å²) in [6, 6.07) is 16.5. The van der Waals surface area contributed by atoms with Crippen LogP contribution >= 0.6 is 23.2 Å². The molecule has 0 aliphatic heterocycles. The molecule has 0 fully saturated rings. The average molecular weight is 464 g/mol. The summed E-state index contributed by atoms with van der Waals surface area (Å²) < 4.78 is 36.2. The number of halogens is 2. The monoisotopic (exact) mass is 463 g/mol. The SMILES string of the molecule is CCOc1cc(C=Nc2ccccc2C)cc(Cl)c1OS(=O)(=O)c1ccc(Cl)cc1. The van der Waals surface area contributed by atoms with Gasteiger partial charge in [0.2, 0.25) is 5.75 Å². The van der Waals surface area contributed by atoms with E-state index in [9.17, 15) is 8.42 Å². The zero-order valence-corrected chi connectivity index (χ0v) is 18.6. The number of rotatable bonds is 7. The van der Waals surface area contributed by atoms with Crippen molar-refractivity contribution in [2.24, 2.45) is 4.99 Å². The summed E-state index contributed by atoms with van der Waals surface area (Å²) in [6.45, 7) is 4.04. The van der Waals surface area contributed by atoms with Gasteiger partial charge in [0.05, 0.1) is 17.3 Å². The predicted molar refractivity (Wildman–Crippen MR) is 120 cm³/mol. The molecule has 3 aromatic carbocycles. The van der Waals surface area contributed by atoms with Crippen LogP contribution in [0.1, 0.15) is 18.1 Å². The number of aliphatic imine (C=N–C) groups is 1. The second-order valence-corrected chi connectivity index (χ2v) is 8.69. The van der Waals surface area contributed by atoms with E-state index < -0.39 is 10.1 Å². The van der Waals surface area contributed by atoms with Crippen molar-refractivity contribution >= 4 is 45.2 Å². The fraction of sp³-hybridized carbons (Fsp3) is 0.136. The highest BCUT2D eigenvalue weighted by Gasteiger charge is 2.22. The molecule has 156 valence electrons. The summed E-state index contributed by atoms with van der Waals surface area (Å²) in [6.07, 6.45) is 1.63. The van der Waals surface area contributed by atoms with Gasteiger partial charge >= 0.3 is 10.1 Å². The van der Waals surface area contributed by atoms with Crippen molar-refractivity contribution in [3.8, 4) is 11.5 Å². The molecular formula is C22H19Cl2NO4S. The van der Waals surface area contributed by atoms with Gasteiger partial charge in [0, 0.05) is 11.2 Å². The van der Waals surface area contributed by atoms with Gasteiger partial charge in [-0.25, -0.2) is 0 Å². The summed E-state index contributed by atoms with van der Waals surface area (Å²) in [5.74, 6) is 0.121. The number of hydrogen-bond acceptors (Lipinski definition) is 5. The first-order valence-corrected chi connectivity index (χ1v) is 11.2. The molecule has 8 heteroatoms. The number of hydrogen-bond donors (Lipinski definition) is 0. The van der Waals surface area contributed by atoms with E-state index >= 15 is 0 Å². The van der Waals surface area contributed by atoms with Gasteiger partial charge in [0.25, 0.3) is 0 Å². The minimum absolute atomic E-state index is 0.0457. The molecule has 0 radical (unpaired) electrons. The van der Waals surface area contributed by atoms with Crippen molar-refractivity contribution < 1.29 is 17.3 Å². The molecule has 0 saturated carbocycles. The normalized spacial score (nSPS) is 11.6. The molecule has 3 aromatic rings. The fourth-order valence-electron chi connectivity index (χ4n) is 2.62. The Morgan fingerprint density at radius 2 is 1.73 bits per heavy atom. The van der Waals surface area contributed by atoms with Crippen LogP contribution < -0.4 is 8.92 Å². The largest absolute Gasteiger partial charge is 0.490 e. The van der Waals surface area contributed by atoms with Crippen LogP contribution in [0.5, 0.6) is 11.5 Å². The topological polar surface area (TPSA) is 65.0 Å². The Labute approximate surface area is 186 Å². The van der Waals surface area contributed by atoms with E-state index in [0.29, 0.717) is 17.2 Å². The quantitative estimate of drug-likeness (QED) is 0.308. The highest BCUT2D eigenvalue weighted by atomic mass is 35.5. The second kappa shape index (κ2) is 9.51. The number of aryl methyl sites for hydroxylation is 1. The molecule has 5 nitrogen and oxygen atoms in total. The zero-order valence-electron chi connectivity index (χ0n) is 16.3. The van der Waals surface area contributed by atoms with E-state index in [2.05, 4.69) is 4.99 Å². The van der Waals surface area contributed by atoms with Crippen LogP contribution in [-0.4, -0.2) is 21.2 Å². The Morgan fingerprint density at radius 1 is 1.03 bits per heavy atom. The van der Waals surface area contributed by atoms with Gasteiger partial charge in [-0.3, -0.25) is 4.99 Å². The highest BCUT2D eigenvalue weighted by molar-refractivity contribution is 7.87. The lowest BCUT2D eigenvalue weighted by atomic mass is 10.2. The molecule has 0 N–H and O–H groups in total. The van der Waals surface area contributed by atoms with Gasteiger partial charge in [0.1, 0.15) is 4.90 Å². The minimum atomic E-state index is -4.12. The van der Waals surface area contributed by atoms with Crippen LogP contribution in [0.3, 0.4) is 0 Å². The molecule has 0 aliphatic carbocycles. The van der Waals surface area contributed by atoms with Gasteiger partial charge in [-0.2, -0.15) is 8.42 Å². The number of para-hydroxylation sites is 1. The van der Waals surface area contributed by atoms with Crippen molar-refractivity contribution in [3.05, 3.63) is 81.8 Å². The van der Waals surface area contributed by atoms with Gasteiger partial charge in [-0.15, -0.1) is 0 Å². The van der Waals surface area contributed by atoms with Crippen molar-refractivity contribution in [1.29, 1.82) is 0 Å². The fourth-order valence-corrected chi connectivity index (χ4v) is 4.00. The average Bonchev–Trinajstić information content (AvgIpc) is 2.70. The summed E-state index contributed by atoms with van der Waals surface area (Å²) in [4.78, 5) is 4.42. The first kappa shape index (κ1) is 22.2. The molecule has 0 heterocycles. The molecule has 0 aliphatic rings. The maximum absolute atomic E-state index is 12.6. The number of ether oxygens (including phenoxy) is 1. The lowest BCUT2D eigenvalue weighted by molar-refractivity contribution is 0.327. The minimum Gasteiger partial charge on any atom is -0.490 e. The molecule has 0 bridgehead atoms. The van der Waals surface area contributed by atoms with E-state index in [1.165, 1.54) is 24.3 Å². The van der Waals surface area contributed by atoms with Crippen molar-refractivity contribution in [2.45, 2.75) is 18.7 Å². The van der Waals surface area contributed by atoms with E-state index in [4.69, 9.17) is 32.1 Å². The van der Waals surface area contributed by atoms with Crippen molar-refractivity contribution in [3.63, 3.8) is 0 Å². The van der Waals surface area contributed by atoms with Crippen LogP contribution in [0.15, 0.2) is 70.6 Å². The van der Waals surface area contributed by atoms with Crippen molar-refractivity contribution in [2.75, 3.05) is 6.61 Å². The highest BCUT2D eigenvalue weighted by Crippen LogP contribution is 2.38. The lowest BCUT2D eigenvalue weighted by Crippen LogP contribution is -2.11. The molecule has 0 atom stereocenters. The standard InChI is InChI=1S/C22H19Cl2NO4S/c1-3-28-21-13-16(14-25-20-7-5-4-6-15(20)2)12-19(24)22(21)29-30(26,27)18-10-8-17(23)9-11-18/h4-14H,3H2,1-2H3. The second-order valence-electron chi connectivity index (χ2n) is 6.30. The maximum Gasteiger partial charge on any atom is 0.339 e. The Morgan fingerprint density at radius 3 is 2.40 bits per heavy atom. The van der Waals surface area contributed by atoms with E-state index in [1.807, 2.05) is 31.2 Å². The van der Waals surface area contributed by atoms with Gasteiger partial charge in [-0.05, 0) is 67.4 Å². The molecular weight excluding hydrogens is 445 g/mol. The van der Waals surface area contributed by atoms with Crippen LogP contribution in [0.4, 0.5) is 5.69 Å². The third-order valence-corrected chi connectivity index (χ3v) is 5.86. The lowest BCUT2D eigenvalue weighted by Gasteiger charge is -2.14. The van der Waals surface area contributed by atoms with E-state index in [-0.39, 0.29) is 21.4 Å². The van der Waals surface area contributed by atoms with Crippen molar-refractivity contribution in [1.82, 2.24) is 0 Å². The first-order chi connectivity index (χ1) is 14.3. The zero-order chi connectivity index (χ0) is 21.7. The molecule has 0 spiro atoms. The summed E-state index contributed by atoms with van der Waals surface area (Å²) in [5, 5.41) is 0.504. The Hall–Kier alpha value is -2.54. The van der Waals surface area contributed by atoms with E-state index in [1.54, 1.807) is 25.3 Å². The number of nitrogens with zero attached hydrogens (tertiary/aromatic N) is 1. The van der Waals surface area contributed by atoms with E-state index in [0.717, 1.165) is 11.3 Å². The summed E-state index contributed by atoms with van der Waals surface area (Å²) in [5.41, 5.74) is 2.49. The molecule has 0 aromatic heterocycles. The predicted octanol–water partition coefficient (Wildman–Crippen LogP) is 6.22. The molecule has 30 heavy (non-hydrogen) atoms. The summed E-state index contributed by atoms with van der Waals surface area (Å²) >= 11 is 12.2. The third kappa shape index (κ3) is 5.33. The van der Waals surface area contributed by atoms with Crippen LogP contribution in [0.25, 0.3) is 0 Å². The first-order valence-electron chi connectivity index (χ1n) is 9.06. The Bertz CT molecular complexity index is 1180. The van der Waals surface area contributed by atoms with Gasteiger partial charge in [0.15, 0.2) is 5.75 Å². The Balaban J connectivity index is 1.95. The van der Waals surface area contributed by atoms with Gasteiger partial charge < -0.3 is 8.92 Å². The number of benzene rings is 3. The van der Waals surface area contributed by atoms with Crippen LogP contribution in [0, 0.1) is 6.92 Å². The third-order valence-electron chi connectivity index (χ3n) is 4.10. The molecule has 0 unspecified atom stereocenters. The van der Waals surface area contributed by atoms with Gasteiger partial charge in [-0.1, -0.05) is 41.4 Å².